The minimum absolute atomic E-state index is 0.0469. The maximum absolute atomic E-state index is 6.28. The quantitative estimate of drug-likeness (QED) is 0.431. The largest absolute Gasteiger partial charge is 0.495 e. The van der Waals surface area contributed by atoms with Crippen LogP contribution < -0.4 is 9.47 Å². The van der Waals surface area contributed by atoms with Crippen LogP contribution in [0.4, 0.5) is 0 Å². The summed E-state index contributed by atoms with van der Waals surface area (Å²) in [6, 6.07) is 5.96. The molecule has 6 heteroatoms. The lowest BCUT2D eigenvalue weighted by atomic mass is 10.1. The molecule has 0 aliphatic heterocycles. The lowest BCUT2D eigenvalue weighted by Gasteiger charge is -2.16. The zero-order valence-corrected chi connectivity index (χ0v) is 15.6. The molecule has 0 N–H and O–H groups in total. The molecule has 1 aromatic carbocycles. The Hall–Kier alpha value is 0.0200. The van der Waals surface area contributed by atoms with E-state index in [4.69, 9.17) is 21.1 Å². The number of methoxy groups -OCH3 is 2. The van der Waals surface area contributed by atoms with E-state index in [0.29, 0.717) is 16.5 Å². The van der Waals surface area contributed by atoms with Crippen LogP contribution in [0, 0.1) is 2.88 Å². The summed E-state index contributed by atoms with van der Waals surface area (Å²) in [6.07, 6.45) is 0. The molecule has 1 aromatic heterocycles. The Labute approximate surface area is 143 Å². The smallest absolute Gasteiger partial charge is 0.145 e. The minimum Gasteiger partial charge on any atom is -0.495 e. The zero-order valence-electron chi connectivity index (χ0n) is 10.2. The summed E-state index contributed by atoms with van der Waals surface area (Å²) in [5.74, 6) is 1.26. The second-order valence-electron chi connectivity index (χ2n) is 3.75. The van der Waals surface area contributed by atoms with Gasteiger partial charge in [-0.1, -0.05) is 33.6 Å². The van der Waals surface area contributed by atoms with E-state index in [-0.39, 0.29) is 4.83 Å². The van der Waals surface area contributed by atoms with Gasteiger partial charge in [-0.2, -0.15) is 0 Å². The molecule has 2 nitrogen and oxygen atoms in total. The molecule has 1 heterocycles. The van der Waals surface area contributed by atoms with Crippen molar-refractivity contribution >= 4 is 61.5 Å². The molecule has 0 saturated heterocycles. The van der Waals surface area contributed by atoms with E-state index in [9.17, 15) is 0 Å². The number of rotatable bonds is 4. The molecule has 0 amide bonds. The van der Waals surface area contributed by atoms with Crippen molar-refractivity contribution in [3.8, 4) is 11.5 Å². The van der Waals surface area contributed by atoms with E-state index < -0.39 is 0 Å². The van der Waals surface area contributed by atoms with Crippen molar-refractivity contribution < 1.29 is 9.47 Å². The summed E-state index contributed by atoms with van der Waals surface area (Å²) in [5, 5.41) is 2.62. The predicted molar refractivity (Wildman–Crippen MR) is 92.4 cm³/mol. The lowest BCUT2D eigenvalue weighted by molar-refractivity contribution is 0.392. The highest BCUT2D eigenvalue weighted by molar-refractivity contribution is 14.1. The third-order valence-corrected chi connectivity index (χ3v) is 5.86. The van der Waals surface area contributed by atoms with Gasteiger partial charge in [0.2, 0.25) is 0 Å². The molecule has 0 radical (unpaired) electrons. The fourth-order valence-corrected chi connectivity index (χ4v) is 4.28. The molecule has 0 bridgehead atoms. The number of ether oxygens (including phenoxy) is 2. The van der Waals surface area contributed by atoms with Crippen LogP contribution in [0.5, 0.6) is 11.5 Å². The molecule has 102 valence electrons. The first kappa shape index (κ1) is 15.4. The van der Waals surface area contributed by atoms with Gasteiger partial charge < -0.3 is 9.47 Å². The molecular formula is C13H11BrClIO2S. The van der Waals surface area contributed by atoms with Crippen LogP contribution in [0.2, 0.25) is 5.02 Å². The van der Waals surface area contributed by atoms with Crippen molar-refractivity contribution in [2.45, 2.75) is 4.83 Å². The molecule has 1 unspecified atom stereocenters. The molecule has 2 rings (SSSR count). The highest BCUT2D eigenvalue weighted by Crippen LogP contribution is 2.44. The highest BCUT2D eigenvalue weighted by Gasteiger charge is 2.20. The number of benzene rings is 1. The topological polar surface area (TPSA) is 18.5 Å². The first-order valence-electron chi connectivity index (χ1n) is 5.36. The van der Waals surface area contributed by atoms with Gasteiger partial charge >= 0.3 is 0 Å². The van der Waals surface area contributed by atoms with Crippen molar-refractivity contribution in [1.29, 1.82) is 0 Å². The monoisotopic (exact) mass is 472 g/mol. The summed E-state index contributed by atoms with van der Waals surface area (Å²) in [7, 11) is 3.20. The third-order valence-electron chi connectivity index (χ3n) is 2.67. The van der Waals surface area contributed by atoms with Crippen molar-refractivity contribution in [3.05, 3.63) is 42.6 Å². The van der Waals surface area contributed by atoms with Crippen LogP contribution in [-0.4, -0.2) is 14.2 Å². The van der Waals surface area contributed by atoms with Gasteiger partial charge in [-0.3, -0.25) is 0 Å². The Morgan fingerprint density at radius 3 is 2.58 bits per heavy atom. The average Bonchev–Trinajstić information content (AvgIpc) is 2.84. The third kappa shape index (κ3) is 3.20. The van der Waals surface area contributed by atoms with Crippen molar-refractivity contribution in [3.63, 3.8) is 0 Å². The highest BCUT2D eigenvalue weighted by atomic mass is 127. The fourth-order valence-electron chi connectivity index (χ4n) is 1.75. The number of thiophene rings is 1. The van der Waals surface area contributed by atoms with Crippen LogP contribution in [-0.2, 0) is 0 Å². The van der Waals surface area contributed by atoms with Gasteiger partial charge in [-0.05, 0) is 45.7 Å². The van der Waals surface area contributed by atoms with Crippen molar-refractivity contribution in [1.82, 2.24) is 0 Å². The normalized spacial score (nSPS) is 12.3. The van der Waals surface area contributed by atoms with E-state index in [1.807, 2.05) is 12.1 Å². The molecule has 0 saturated carbocycles. The summed E-state index contributed by atoms with van der Waals surface area (Å²) >= 11 is 14.0. The van der Waals surface area contributed by atoms with Crippen LogP contribution in [0.3, 0.4) is 0 Å². The second-order valence-corrected chi connectivity index (χ2v) is 7.85. The lowest BCUT2D eigenvalue weighted by Crippen LogP contribution is -1.98. The molecule has 0 aliphatic rings. The first-order valence-corrected chi connectivity index (χ1v) is 8.62. The Bertz CT molecular complexity index is 588. The number of hydrogen-bond donors (Lipinski definition) is 0. The fraction of sp³-hybridized carbons (Fsp3) is 0.231. The summed E-state index contributed by atoms with van der Waals surface area (Å²) < 4.78 is 11.9. The Kier molecular flexibility index (Phi) is 5.39. The molecule has 1 atom stereocenters. The molecule has 0 fully saturated rings. The van der Waals surface area contributed by atoms with Gasteiger partial charge in [0.25, 0.3) is 0 Å². The standard InChI is InChI=1S/C13H11BrClIO2S/c1-17-9-4-3-8(13(18-2)12(9)15)11(14)7-5-10(16)19-6-7/h3-6,11H,1-2H3. The SMILES string of the molecule is COc1ccc(C(Br)c2csc(I)c2)c(OC)c1Cl. The van der Waals surface area contributed by atoms with Crippen LogP contribution >= 0.6 is 61.5 Å². The van der Waals surface area contributed by atoms with Crippen LogP contribution in [0.25, 0.3) is 0 Å². The molecule has 2 aromatic rings. The summed E-state index contributed by atoms with van der Waals surface area (Å²) in [5.41, 5.74) is 2.18. The molecule has 0 spiro atoms. The molecule has 0 aliphatic carbocycles. The number of alkyl halides is 1. The molecule has 19 heavy (non-hydrogen) atoms. The van der Waals surface area contributed by atoms with Gasteiger partial charge in [0.05, 0.1) is 21.9 Å². The Morgan fingerprint density at radius 2 is 2.05 bits per heavy atom. The molecular weight excluding hydrogens is 462 g/mol. The van der Waals surface area contributed by atoms with E-state index in [1.165, 1.54) is 8.45 Å². The summed E-state index contributed by atoms with van der Waals surface area (Å²) in [6.45, 7) is 0. The maximum atomic E-state index is 6.28. The minimum atomic E-state index is 0.0469. The second kappa shape index (κ2) is 6.65. The van der Waals surface area contributed by atoms with Crippen molar-refractivity contribution in [2.75, 3.05) is 14.2 Å². The van der Waals surface area contributed by atoms with E-state index in [0.717, 1.165) is 5.56 Å². The first-order chi connectivity index (χ1) is 9.08. The van der Waals surface area contributed by atoms with Gasteiger partial charge in [-0.25, -0.2) is 0 Å². The van der Waals surface area contributed by atoms with Crippen LogP contribution in [0.15, 0.2) is 23.6 Å². The Morgan fingerprint density at radius 1 is 1.32 bits per heavy atom. The average molecular weight is 474 g/mol. The maximum Gasteiger partial charge on any atom is 0.145 e. The Balaban J connectivity index is 2.47. The van der Waals surface area contributed by atoms with Gasteiger partial charge in [0.15, 0.2) is 0 Å². The van der Waals surface area contributed by atoms with Crippen molar-refractivity contribution in [2.24, 2.45) is 0 Å². The van der Waals surface area contributed by atoms with Crippen LogP contribution in [0.1, 0.15) is 16.0 Å². The van der Waals surface area contributed by atoms with Gasteiger partial charge in [-0.15, -0.1) is 11.3 Å². The van der Waals surface area contributed by atoms with E-state index in [1.54, 1.807) is 25.6 Å². The van der Waals surface area contributed by atoms with Gasteiger partial charge in [0.1, 0.15) is 16.5 Å². The summed E-state index contributed by atoms with van der Waals surface area (Å²) in [4.78, 5) is 0.0469. The van der Waals surface area contributed by atoms with E-state index >= 15 is 0 Å². The van der Waals surface area contributed by atoms with E-state index in [2.05, 4.69) is 50.0 Å². The number of hydrogen-bond acceptors (Lipinski definition) is 3. The predicted octanol–water partition coefficient (Wildman–Crippen LogP) is 5.51. The zero-order chi connectivity index (χ0) is 14.0. The number of halogens is 3. The van der Waals surface area contributed by atoms with Gasteiger partial charge in [0, 0.05) is 5.56 Å².